The summed E-state index contributed by atoms with van der Waals surface area (Å²) in [7, 11) is 0. The molecule has 0 amide bonds. The SMILES string of the molecule is CC(C)CCCN1CCC(C(=O)O)c2ccccc21. The number of aliphatic carboxylic acids is 1. The van der Waals surface area contributed by atoms with Gasteiger partial charge in [-0.25, -0.2) is 0 Å². The second kappa shape index (κ2) is 6.09. The summed E-state index contributed by atoms with van der Waals surface area (Å²) in [5.74, 6) is -0.307. The third-order valence-electron chi connectivity index (χ3n) is 3.85. The van der Waals surface area contributed by atoms with E-state index in [1.165, 1.54) is 12.8 Å². The lowest BCUT2D eigenvalue weighted by atomic mass is 9.90. The zero-order valence-corrected chi connectivity index (χ0v) is 11.8. The van der Waals surface area contributed by atoms with Crippen LogP contribution in [0.1, 0.15) is 44.6 Å². The number of para-hydroxylation sites is 1. The van der Waals surface area contributed by atoms with Crippen LogP contribution in [0.15, 0.2) is 24.3 Å². The molecule has 0 aromatic heterocycles. The molecule has 1 heterocycles. The van der Waals surface area contributed by atoms with Gasteiger partial charge < -0.3 is 10.0 Å². The number of carbonyl (C=O) groups is 1. The summed E-state index contributed by atoms with van der Waals surface area (Å²) in [6, 6.07) is 7.95. The van der Waals surface area contributed by atoms with Gasteiger partial charge in [0.15, 0.2) is 0 Å². The average Bonchev–Trinajstić information content (AvgIpc) is 2.38. The van der Waals surface area contributed by atoms with E-state index in [1.807, 2.05) is 18.2 Å². The number of nitrogens with zero attached hydrogens (tertiary/aromatic N) is 1. The van der Waals surface area contributed by atoms with Crippen molar-refractivity contribution in [2.45, 2.75) is 39.0 Å². The Balaban J connectivity index is 2.11. The van der Waals surface area contributed by atoms with E-state index in [0.717, 1.165) is 30.3 Å². The molecule has 1 aromatic rings. The lowest BCUT2D eigenvalue weighted by Crippen LogP contribution is -2.34. The first-order chi connectivity index (χ1) is 9.09. The van der Waals surface area contributed by atoms with Crippen LogP contribution >= 0.6 is 0 Å². The Morgan fingerprint density at radius 3 is 2.84 bits per heavy atom. The first-order valence-corrected chi connectivity index (χ1v) is 7.16. The second-order valence-corrected chi connectivity index (χ2v) is 5.76. The minimum absolute atomic E-state index is 0.336. The number of fused-ring (bicyclic) bond motifs is 1. The van der Waals surface area contributed by atoms with Crippen molar-refractivity contribution in [3.63, 3.8) is 0 Å². The van der Waals surface area contributed by atoms with Gasteiger partial charge in [-0.3, -0.25) is 4.79 Å². The van der Waals surface area contributed by atoms with E-state index in [-0.39, 0.29) is 5.92 Å². The molecular weight excluding hydrogens is 238 g/mol. The van der Waals surface area contributed by atoms with E-state index < -0.39 is 5.97 Å². The maximum Gasteiger partial charge on any atom is 0.311 e. The molecule has 1 N–H and O–H groups in total. The van der Waals surface area contributed by atoms with Gasteiger partial charge in [0, 0.05) is 18.8 Å². The molecule has 1 aliphatic rings. The summed E-state index contributed by atoms with van der Waals surface area (Å²) in [6.45, 7) is 6.36. The number of hydrogen-bond acceptors (Lipinski definition) is 2. The fourth-order valence-corrected chi connectivity index (χ4v) is 2.81. The predicted octanol–water partition coefficient (Wildman–Crippen LogP) is 3.50. The van der Waals surface area contributed by atoms with Crippen LogP contribution in [0.5, 0.6) is 0 Å². The van der Waals surface area contributed by atoms with E-state index in [9.17, 15) is 9.90 Å². The highest BCUT2D eigenvalue weighted by molar-refractivity contribution is 5.80. The highest BCUT2D eigenvalue weighted by Crippen LogP contribution is 2.35. The summed E-state index contributed by atoms with van der Waals surface area (Å²) in [5, 5.41) is 9.30. The first-order valence-electron chi connectivity index (χ1n) is 7.16. The molecule has 0 saturated carbocycles. The number of benzene rings is 1. The van der Waals surface area contributed by atoms with Crippen molar-refractivity contribution >= 4 is 11.7 Å². The fourth-order valence-electron chi connectivity index (χ4n) is 2.81. The van der Waals surface area contributed by atoms with Crippen molar-refractivity contribution in [3.8, 4) is 0 Å². The highest BCUT2D eigenvalue weighted by atomic mass is 16.4. The van der Waals surface area contributed by atoms with Crippen molar-refractivity contribution < 1.29 is 9.90 Å². The van der Waals surface area contributed by atoms with Crippen molar-refractivity contribution in [1.29, 1.82) is 0 Å². The molecule has 104 valence electrons. The van der Waals surface area contributed by atoms with Crippen LogP contribution in [-0.2, 0) is 4.79 Å². The number of anilines is 1. The van der Waals surface area contributed by atoms with E-state index in [0.29, 0.717) is 6.42 Å². The number of carboxylic acids is 1. The van der Waals surface area contributed by atoms with Crippen LogP contribution in [0.3, 0.4) is 0 Å². The largest absolute Gasteiger partial charge is 0.481 e. The molecular formula is C16H23NO2. The van der Waals surface area contributed by atoms with Gasteiger partial charge in [-0.05, 0) is 36.8 Å². The van der Waals surface area contributed by atoms with Gasteiger partial charge in [0.1, 0.15) is 0 Å². The molecule has 1 atom stereocenters. The van der Waals surface area contributed by atoms with Crippen molar-refractivity contribution in [2.75, 3.05) is 18.0 Å². The van der Waals surface area contributed by atoms with Crippen LogP contribution in [0.2, 0.25) is 0 Å². The van der Waals surface area contributed by atoms with Gasteiger partial charge in [-0.2, -0.15) is 0 Å². The molecule has 0 radical (unpaired) electrons. The summed E-state index contributed by atoms with van der Waals surface area (Å²) < 4.78 is 0. The fraction of sp³-hybridized carbons (Fsp3) is 0.562. The molecule has 1 aromatic carbocycles. The van der Waals surface area contributed by atoms with Gasteiger partial charge in [0.05, 0.1) is 5.92 Å². The second-order valence-electron chi connectivity index (χ2n) is 5.76. The molecule has 3 heteroatoms. The quantitative estimate of drug-likeness (QED) is 0.882. The zero-order valence-electron chi connectivity index (χ0n) is 11.8. The Hall–Kier alpha value is -1.51. The number of rotatable bonds is 5. The smallest absolute Gasteiger partial charge is 0.311 e. The Bertz CT molecular complexity index is 442. The summed E-state index contributed by atoms with van der Waals surface area (Å²) in [6.07, 6.45) is 3.11. The lowest BCUT2D eigenvalue weighted by molar-refractivity contribution is -0.139. The Labute approximate surface area is 115 Å². The molecule has 2 rings (SSSR count). The van der Waals surface area contributed by atoms with E-state index >= 15 is 0 Å². The maximum absolute atomic E-state index is 11.3. The average molecular weight is 261 g/mol. The number of hydrogen-bond donors (Lipinski definition) is 1. The summed E-state index contributed by atoms with van der Waals surface area (Å²) in [4.78, 5) is 13.7. The van der Waals surface area contributed by atoms with Crippen LogP contribution < -0.4 is 4.90 Å². The molecule has 1 unspecified atom stereocenters. The van der Waals surface area contributed by atoms with E-state index in [4.69, 9.17) is 0 Å². The molecule has 3 nitrogen and oxygen atoms in total. The van der Waals surface area contributed by atoms with Gasteiger partial charge in [-0.1, -0.05) is 32.0 Å². The Morgan fingerprint density at radius 1 is 1.42 bits per heavy atom. The van der Waals surface area contributed by atoms with Crippen molar-refractivity contribution in [1.82, 2.24) is 0 Å². The molecule has 0 saturated heterocycles. The molecule has 1 aliphatic heterocycles. The van der Waals surface area contributed by atoms with Gasteiger partial charge in [-0.15, -0.1) is 0 Å². The molecule has 0 spiro atoms. The minimum atomic E-state index is -0.700. The summed E-state index contributed by atoms with van der Waals surface area (Å²) >= 11 is 0. The monoisotopic (exact) mass is 261 g/mol. The zero-order chi connectivity index (χ0) is 13.8. The third-order valence-corrected chi connectivity index (χ3v) is 3.85. The third kappa shape index (κ3) is 3.28. The Morgan fingerprint density at radius 2 is 2.16 bits per heavy atom. The van der Waals surface area contributed by atoms with Gasteiger partial charge in [0.25, 0.3) is 0 Å². The van der Waals surface area contributed by atoms with E-state index in [1.54, 1.807) is 0 Å². The van der Waals surface area contributed by atoms with Gasteiger partial charge >= 0.3 is 5.97 Å². The molecule has 19 heavy (non-hydrogen) atoms. The predicted molar refractivity (Wildman–Crippen MR) is 77.7 cm³/mol. The van der Waals surface area contributed by atoms with Crippen LogP contribution in [0.25, 0.3) is 0 Å². The molecule has 0 fully saturated rings. The topological polar surface area (TPSA) is 40.5 Å². The van der Waals surface area contributed by atoms with Crippen LogP contribution in [0, 0.1) is 5.92 Å². The Kier molecular flexibility index (Phi) is 4.46. The lowest BCUT2D eigenvalue weighted by Gasteiger charge is -2.34. The van der Waals surface area contributed by atoms with E-state index in [2.05, 4.69) is 24.8 Å². The maximum atomic E-state index is 11.3. The van der Waals surface area contributed by atoms with Crippen molar-refractivity contribution in [2.24, 2.45) is 5.92 Å². The molecule has 0 bridgehead atoms. The summed E-state index contributed by atoms with van der Waals surface area (Å²) in [5.41, 5.74) is 2.09. The van der Waals surface area contributed by atoms with Crippen molar-refractivity contribution in [3.05, 3.63) is 29.8 Å². The number of carboxylic acid groups (broad SMARTS) is 1. The normalized spacial score (nSPS) is 18.5. The standard InChI is InChI=1S/C16H23NO2/c1-12(2)6-5-10-17-11-9-14(16(18)19)13-7-3-4-8-15(13)17/h3-4,7-8,12,14H,5-6,9-11H2,1-2H3,(H,18,19). The van der Waals surface area contributed by atoms with Crippen LogP contribution in [-0.4, -0.2) is 24.2 Å². The highest BCUT2D eigenvalue weighted by Gasteiger charge is 2.29. The van der Waals surface area contributed by atoms with Crippen LogP contribution in [0.4, 0.5) is 5.69 Å². The van der Waals surface area contributed by atoms with Gasteiger partial charge in [0.2, 0.25) is 0 Å². The minimum Gasteiger partial charge on any atom is -0.481 e. The first kappa shape index (κ1) is 13.9. The molecule has 0 aliphatic carbocycles.